The Balaban J connectivity index is 2.05. The summed E-state index contributed by atoms with van der Waals surface area (Å²) in [6.45, 7) is 9.17. The number of piperazine rings is 1. The van der Waals surface area contributed by atoms with E-state index in [9.17, 15) is 0 Å². The van der Waals surface area contributed by atoms with E-state index in [0.29, 0.717) is 0 Å². The summed E-state index contributed by atoms with van der Waals surface area (Å²) in [5.41, 5.74) is 4.83. The van der Waals surface area contributed by atoms with E-state index in [0.717, 1.165) is 60.0 Å². The van der Waals surface area contributed by atoms with Gasteiger partial charge in [0.15, 0.2) is 0 Å². The smallest absolute Gasteiger partial charge is 0.0961 e. The predicted molar refractivity (Wildman–Crippen MR) is 113 cm³/mol. The topological polar surface area (TPSA) is 41.4 Å². The SMILES string of the molecule is C/C=C\C(=NCC)c1cc(N2CC[N+](C)(C)CC2)cc(-c2ccccn2)n1. The second-order valence-corrected chi connectivity index (χ2v) is 7.54. The molecule has 3 rings (SSSR count). The van der Waals surface area contributed by atoms with Gasteiger partial charge in [0.25, 0.3) is 0 Å². The molecule has 142 valence electrons. The second kappa shape index (κ2) is 8.44. The molecule has 5 nitrogen and oxygen atoms in total. The normalized spacial score (nSPS) is 17.5. The quantitative estimate of drug-likeness (QED) is 0.603. The molecule has 0 aliphatic carbocycles. The van der Waals surface area contributed by atoms with E-state index in [1.165, 1.54) is 5.69 Å². The Labute approximate surface area is 162 Å². The van der Waals surface area contributed by atoms with Gasteiger partial charge in [0.05, 0.1) is 63.1 Å². The maximum Gasteiger partial charge on any atom is 0.0961 e. The van der Waals surface area contributed by atoms with Crippen LogP contribution in [0.5, 0.6) is 0 Å². The van der Waals surface area contributed by atoms with Crippen LogP contribution in [0.4, 0.5) is 5.69 Å². The molecule has 0 amide bonds. The highest BCUT2D eigenvalue weighted by Crippen LogP contribution is 2.25. The van der Waals surface area contributed by atoms with E-state index >= 15 is 0 Å². The number of aliphatic imine (C=N–C) groups is 1. The fraction of sp³-hybridized carbons (Fsp3) is 0.409. The minimum Gasteiger partial charge on any atom is -0.360 e. The van der Waals surface area contributed by atoms with E-state index in [1.807, 2.05) is 43.5 Å². The largest absolute Gasteiger partial charge is 0.360 e. The number of quaternary nitrogens is 1. The van der Waals surface area contributed by atoms with Gasteiger partial charge < -0.3 is 9.38 Å². The molecule has 1 aliphatic rings. The summed E-state index contributed by atoms with van der Waals surface area (Å²) in [6, 6.07) is 10.3. The van der Waals surface area contributed by atoms with Crippen molar-refractivity contribution in [3.63, 3.8) is 0 Å². The Morgan fingerprint density at radius 1 is 1.19 bits per heavy atom. The molecule has 0 N–H and O–H groups in total. The Kier molecular flexibility index (Phi) is 6.01. The molecule has 27 heavy (non-hydrogen) atoms. The van der Waals surface area contributed by atoms with Gasteiger partial charge in [-0.15, -0.1) is 0 Å². The number of aromatic nitrogens is 2. The number of hydrogen-bond acceptors (Lipinski definition) is 4. The first-order valence-corrected chi connectivity index (χ1v) is 9.70. The van der Waals surface area contributed by atoms with E-state index < -0.39 is 0 Å². The summed E-state index contributed by atoms with van der Waals surface area (Å²) in [7, 11) is 4.60. The van der Waals surface area contributed by atoms with Crippen LogP contribution in [0, 0.1) is 0 Å². The molecule has 0 radical (unpaired) electrons. The molecule has 3 heterocycles. The highest BCUT2D eigenvalue weighted by molar-refractivity contribution is 6.08. The monoisotopic (exact) mass is 364 g/mol. The number of pyridine rings is 2. The number of anilines is 1. The third kappa shape index (κ3) is 4.80. The lowest BCUT2D eigenvalue weighted by Crippen LogP contribution is -2.54. The molecule has 2 aromatic heterocycles. The Hall–Kier alpha value is -2.53. The lowest BCUT2D eigenvalue weighted by molar-refractivity contribution is -0.890. The van der Waals surface area contributed by atoms with Gasteiger partial charge in [-0.3, -0.25) is 9.98 Å². The highest BCUT2D eigenvalue weighted by Gasteiger charge is 2.25. The molecule has 1 fully saturated rings. The number of nitrogens with zero attached hydrogens (tertiary/aromatic N) is 5. The number of hydrogen-bond donors (Lipinski definition) is 0. The zero-order valence-corrected chi connectivity index (χ0v) is 16.9. The predicted octanol–water partition coefficient (Wildman–Crippen LogP) is 3.43. The molecular formula is C22H30N5+. The maximum absolute atomic E-state index is 4.89. The van der Waals surface area contributed by atoms with Crippen LogP contribution < -0.4 is 4.90 Å². The van der Waals surface area contributed by atoms with Crippen LogP contribution in [0.25, 0.3) is 11.4 Å². The fourth-order valence-electron chi connectivity index (χ4n) is 3.29. The second-order valence-electron chi connectivity index (χ2n) is 7.54. The average molecular weight is 365 g/mol. The molecule has 0 unspecified atom stereocenters. The Bertz CT molecular complexity index is 814. The number of rotatable bonds is 5. The molecule has 2 aromatic rings. The van der Waals surface area contributed by atoms with Gasteiger partial charge in [-0.05, 0) is 44.2 Å². The Morgan fingerprint density at radius 2 is 1.96 bits per heavy atom. The zero-order valence-electron chi connectivity index (χ0n) is 16.9. The van der Waals surface area contributed by atoms with Crippen LogP contribution in [0.1, 0.15) is 19.5 Å². The molecule has 0 aromatic carbocycles. The summed E-state index contributed by atoms with van der Waals surface area (Å²) >= 11 is 0. The third-order valence-electron chi connectivity index (χ3n) is 4.97. The summed E-state index contributed by atoms with van der Waals surface area (Å²) in [5, 5.41) is 0. The van der Waals surface area contributed by atoms with Crippen molar-refractivity contribution in [2.24, 2.45) is 4.99 Å². The van der Waals surface area contributed by atoms with E-state index in [2.05, 4.69) is 48.0 Å². The molecule has 0 atom stereocenters. The van der Waals surface area contributed by atoms with Crippen LogP contribution in [0.3, 0.4) is 0 Å². The summed E-state index contributed by atoms with van der Waals surface area (Å²) in [6.07, 6.45) is 5.87. The van der Waals surface area contributed by atoms with Crippen LogP contribution in [0.15, 0.2) is 53.7 Å². The van der Waals surface area contributed by atoms with Crippen molar-refractivity contribution in [2.45, 2.75) is 13.8 Å². The van der Waals surface area contributed by atoms with Crippen LogP contribution in [-0.2, 0) is 0 Å². The first-order chi connectivity index (χ1) is 13.0. The van der Waals surface area contributed by atoms with E-state index in [4.69, 9.17) is 4.98 Å². The molecule has 5 heteroatoms. The third-order valence-corrected chi connectivity index (χ3v) is 4.97. The van der Waals surface area contributed by atoms with E-state index in [-0.39, 0.29) is 0 Å². The van der Waals surface area contributed by atoms with Crippen LogP contribution in [0.2, 0.25) is 0 Å². The number of likely N-dealkylation sites (N-methyl/N-ethyl adjacent to an activating group) is 1. The molecule has 1 aliphatic heterocycles. The van der Waals surface area contributed by atoms with Crippen molar-refractivity contribution in [1.82, 2.24) is 9.97 Å². The van der Waals surface area contributed by atoms with Gasteiger partial charge in [-0.1, -0.05) is 12.1 Å². The van der Waals surface area contributed by atoms with Gasteiger partial charge >= 0.3 is 0 Å². The van der Waals surface area contributed by atoms with Crippen LogP contribution >= 0.6 is 0 Å². The van der Waals surface area contributed by atoms with E-state index in [1.54, 1.807) is 0 Å². The minimum atomic E-state index is 0.736. The van der Waals surface area contributed by atoms with Crippen molar-refractivity contribution >= 4 is 11.4 Å². The maximum atomic E-state index is 4.89. The molecular weight excluding hydrogens is 334 g/mol. The van der Waals surface area contributed by atoms with Crippen molar-refractivity contribution in [3.8, 4) is 11.4 Å². The number of allylic oxidation sites excluding steroid dienone is 2. The Morgan fingerprint density at radius 3 is 2.59 bits per heavy atom. The summed E-state index contributed by atoms with van der Waals surface area (Å²) < 4.78 is 1.07. The van der Waals surface area contributed by atoms with Crippen molar-refractivity contribution < 1.29 is 4.48 Å². The zero-order chi connectivity index (χ0) is 19.3. The van der Waals surface area contributed by atoms with Gasteiger partial charge in [0, 0.05) is 18.4 Å². The van der Waals surface area contributed by atoms with Crippen molar-refractivity contribution in [3.05, 3.63) is 54.4 Å². The lowest BCUT2D eigenvalue weighted by Gasteiger charge is -2.40. The molecule has 0 saturated carbocycles. The summed E-state index contributed by atoms with van der Waals surface area (Å²) in [5.74, 6) is 0. The van der Waals surface area contributed by atoms with Crippen LogP contribution in [-0.4, -0.2) is 67.0 Å². The highest BCUT2D eigenvalue weighted by atomic mass is 15.4. The average Bonchev–Trinajstić information content (AvgIpc) is 2.68. The standard InChI is InChI=1S/C22H30N5/c1-5-9-19(23-6-2)21-16-18(26-12-14-27(3,4)15-13-26)17-22(25-21)20-10-7-8-11-24-20/h5,7-11,16-17H,6,12-15H2,1-4H3/q+1/b9-5-,23-19?. The molecule has 1 saturated heterocycles. The van der Waals surface area contributed by atoms with Gasteiger partial charge in [0.2, 0.25) is 0 Å². The van der Waals surface area contributed by atoms with Gasteiger partial charge in [-0.25, -0.2) is 4.98 Å². The molecule has 0 bridgehead atoms. The van der Waals surface area contributed by atoms with Crippen molar-refractivity contribution in [2.75, 3.05) is 51.7 Å². The first-order valence-electron chi connectivity index (χ1n) is 9.70. The molecule has 0 spiro atoms. The van der Waals surface area contributed by atoms with Crippen molar-refractivity contribution in [1.29, 1.82) is 0 Å². The minimum absolute atomic E-state index is 0.736. The first kappa shape index (κ1) is 19.2. The van der Waals surface area contributed by atoms with Gasteiger partial charge in [-0.2, -0.15) is 0 Å². The lowest BCUT2D eigenvalue weighted by atomic mass is 10.1. The van der Waals surface area contributed by atoms with Gasteiger partial charge in [0.1, 0.15) is 0 Å². The fourth-order valence-corrected chi connectivity index (χ4v) is 3.29. The summed E-state index contributed by atoms with van der Waals surface area (Å²) in [4.78, 5) is 16.5.